The maximum Gasteiger partial charge on any atom is 0.231 e. The van der Waals surface area contributed by atoms with Gasteiger partial charge in [-0.25, -0.2) is 0 Å². The standard InChI is InChI=1S/C39H55N3O8Si/c1-12-13-46-35-24(3)36-38(49-22-48-36)32-26(35)18-28-33-31-25(16-23(2)34(44-9)37(31)47-21-45-15-14-43-8)17-27(41(33)7)29(19-40)42(28)30(32)20-50-51(10,11)39(4,5)6/h12,16,27-30,33H,1,13-15,17-18,20-22H2,2-11H3/t27-,28?,29-,30-,33+/m0/s1. The first-order chi connectivity index (χ1) is 24.3. The molecule has 2 aromatic carbocycles. The summed E-state index contributed by atoms with van der Waals surface area (Å²) in [7, 11) is 3.25. The molecule has 11 nitrogen and oxygen atoms in total. The predicted molar refractivity (Wildman–Crippen MR) is 197 cm³/mol. The van der Waals surface area contributed by atoms with E-state index in [0.29, 0.717) is 56.5 Å². The molecule has 2 aromatic rings. The number of piperazine rings is 1. The quantitative estimate of drug-likeness (QED) is 0.0994. The number of fused-ring (bicyclic) bond motifs is 9. The third-order valence-corrected chi connectivity index (χ3v) is 16.2. The molecule has 278 valence electrons. The Morgan fingerprint density at radius 3 is 2.43 bits per heavy atom. The number of rotatable bonds is 13. The molecule has 0 aromatic heterocycles. The number of aryl methyl sites for hydroxylation is 1. The van der Waals surface area contributed by atoms with Gasteiger partial charge in [-0.05, 0) is 63.0 Å². The number of benzene rings is 2. The first-order valence-electron chi connectivity index (χ1n) is 17.9. The molecule has 0 spiro atoms. The van der Waals surface area contributed by atoms with Crippen molar-refractivity contribution in [3.05, 3.63) is 52.1 Å². The molecule has 1 fully saturated rings. The number of likely N-dealkylation sites (N-methyl/N-ethyl adjacent to an activating group) is 1. The van der Waals surface area contributed by atoms with Crippen LogP contribution < -0.4 is 23.7 Å². The fourth-order valence-corrected chi connectivity index (χ4v) is 9.26. The minimum Gasteiger partial charge on any atom is -0.493 e. The number of methoxy groups -OCH3 is 2. The van der Waals surface area contributed by atoms with Crippen molar-refractivity contribution >= 4 is 8.32 Å². The fourth-order valence-electron chi connectivity index (χ4n) is 8.25. The molecule has 0 saturated carbocycles. The van der Waals surface area contributed by atoms with Gasteiger partial charge in [-0.2, -0.15) is 5.26 Å². The number of hydrogen-bond donors (Lipinski definition) is 0. The molecule has 0 amide bonds. The highest BCUT2D eigenvalue weighted by Gasteiger charge is 2.57. The van der Waals surface area contributed by atoms with Crippen LogP contribution in [0.2, 0.25) is 18.1 Å². The van der Waals surface area contributed by atoms with Crippen molar-refractivity contribution in [3.8, 4) is 34.8 Å². The van der Waals surface area contributed by atoms with Crippen LogP contribution in [0.4, 0.5) is 0 Å². The SMILES string of the molecule is C=CCOc1c(C)c2c(c3c1CC1[C@@H]4c5c(cc(C)c(OC)c5OCOCCOC)C[C@@H]([C@H](C#N)N1[C@H]3CO[Si](C)(C)C(C)(C)C)N4C)OCO2. The fraction of sp³-hybridized carbons (Fsp3) is 0.615. The van der Waals surface area contributed by atoms with E-state index in [-0.39, 0.29) is 42.8 Å². The molecule has 5 atom stereocenters. The molecule has 4 aliphatic heterocycles. The number of hydrogen-bond acceptors (Lipinski definition) is 11. The molecule has 1 saturated heterocycles. The summed E-state index contributed by atoms with van der Waals surface area (Å²) >= 11 is 0. The molecule has 6 rings (SSSR count). The topological polar surface area (TPSA) is 104 Å². The number of nitrogens with zero attached hydrogens (tertiary/aromatic N) is 3. The van der Waals surface area contributed by atoms with Gasteiger partial charge in [0.1, 0.15) is 18.4 Å². The van der Waals surface area contributed by atoms with Gasteiger partial charge in [-0.15, -0.1) is 0 Å². The molecule has 4 aliphatic rings. The van der Waals surface area contributed by atoms with Crippen LogP contribution in [0.5, 0.6) is 28.7 Å². The molecule has 12 heteroatoms. The first-order valence-corrected chi connectivity index (χ1v) is 20.8. The molecule has 1 unspecified atom stereocenters. The van der Waals surface area contributed by atoms with Crippen LogP contribution in [0.1, 0.15) is 66.2 Å². The van der Waals surface area contributed by atoms with Gasteiger partial charge in [0.2, 0.25) is 6.79 Å². The highest BCUT2D eigenvalue weighted by Crippen LogP contribution is 2.59. The van der Waals surface area contributed by atoms with E-state index in [4.69, 9.17) is 37.6 Å². The molecule has 2 bridgehead atoms. The highest BCUT2D eigenvalue weighted by molar-refractivity contribution is 6.74. The summed E-state index contributed by atoms with van der Waals surface area (Å²) in [5.41, 5.74) is 6.17. The van der Waals surface area contributed by atoms with E-state index in [2.05, 4.69) is 69.4 Å². The predicted octanol–water partition coefficient (Wildman–Crippen LogP) is 6.40. The molecule has 0 N–H and O–H groups in total. The Kier molecular flexibility index (Phi) is 10.7. The summed E-state index contributed by atoms with van der Waals surface area (Å²) in [4.78, 5) is 4.80. The van der Waals surface area contributed by atoms with E-state index in [1.54, 1.807) is 20.3 Å². The summed E-state index contributed by atoms with van der Waals surface area (Å²) in [5, 5.41) is 11.1. The van der Waals surface area contributed by atoms with E-state index < -0.39 is 14.4 Å². The van der Waals surface area contributed by atoms with Gasteiger partial charge in [0.05, 0.1) is 45.1 Å². The highest BCUT2D eigenvalue weighted by atomic mass is 28.4. The van der Waals surface area contributed by atoms with Gasteiger partial charge in [0.25, 0.3) is 0 Å². The first kappa shape index (κ1) is 37.4. The van der Waals surface area contributed by atoms with Crippen molar-refractivity contribution in [2.75, 3.05) is 61.3 Å². The second-order valence-electron chi connectivity index (χ2n) is 15.6. The Labute approximate surface area is 304 Å². The Balaban J connectivity index is 1.56. The lowest BCUT2D eigenvalue weighted by Crippen LogP contribution is -2.68. The van der Waals surface area contributed by atoms with E-state index in [0.717, 1.165) is 44.9 Å². The van der Waals surface area contributed by atoms with Gasteiger partial charge < -0.3 is 37.6 Å². The Bertz CT molecular complexity index is 1680. The molecule has 51 heavy (non-hydrogen) atoms. The zero-order chi connectivity index (χ0) is 36.8. The van der Waals surface area contributed by atoms with E-state index in [9.17, 15) is 5.26 Å². The maximum atomic E-state index is 11.1. The minimum atomic E-state index is -2.22. The third kappa shape index (κ3) is 6.40. The van der Waals surface area contributed by atoms with Crippen LogP contribution >= 0.6 is 0 Å². The minimum absolute atomic E-state index is 0.00482. The second-order valence-corrected chi connectivity index (χ2v) is 20.4. The van der Waals surface area contributed by atoms with Gasteiger partial charge >= 0.3 is 0 Å². The second kappa shape index (κ2) is 14.6. The lowest BCUT2D eigenvalue weighted by molar-refractivity contribution is -0.0825. The van der Waals surface area contributed by atoms with E-state index in [1.807, 2.05) is 13.8 Å². The van der Waals surface area contributed by atoms with Gasteiger partial charge in [0, 0.05) is 41.4 Å². The summed E-state index contributed by atoms with van der Waals surface area (Å²) < 4.78 is 49.5. The van der Waals surface area contributed by atoms with Gasteiger partial charge in [-0.3, -0.25) is 9.80 Å². The van der Waals surface area contributed by atoms with Crippen molar-refractivity contribution in [2.45, 2.75) is 95.8 Å². The largest absolute Gasteiger partial charge is 0.493 e. The summed E-state index contributed by atoms with van der Waals surface area (Å²) in [6.07, 6.45) is 3.05. The van der Waals surface area contributed by atoms with Crippen LogP contribution in [-0.4, -0.2) is 97.5 Å². The van der Waals surface area contributed by atoms with Crippen molar-refractivity contribution in [3.63, 3.8) is 0 Å². The lowest BCUT2D eigenvalue weighted by Gasteiger charge is -2.60. The van der Waals surface area contributed by atoms with Crippen LogP contribution in [0.25, 0.3) is 0 Å². The zero-order valence-electron chi connectivity index (χ0n) is 32.0. The average molecular weight is 722 g/mol. The van der Waals surface area contributed by atoms with Crippen LogP contribution in [-0.2, 0) is 26.7 Å². The zero-order valence-corrected chi connectivity index (χ0v) is 33.0. The molecule has 4 heterocycles. The number of ether oxygens (including phenoxy) is 7. The van der Waals surface area contributed by atoms with Crippen LogP contribution in [0.15, 0.2) is 18.7 Å². The Hall–Kier alpha value is -3.31. The van der Waals surface area contributed by atoms with Crippen molar-refractivity contribution in [1.82, 2.24) is 9.80 Å². The number of nitriles is 1. The van der Waals surface area contributed by atoms with Crippen molar-refractivity contribution in [2.24, 2.45) is 0 Å². The summed E-state index contributed by atoms with van der Waals surface area (Å²) in [6, 6.07) is 3.89. The average Bonchev–Trinajstić information content (AvgIpc) is 3.57. The smallest absolute Gasteiger partial charge is 0.231 e. The molecular formula is C39H55N3O8Si. The maximum absolute atomic E-state index is 11.1. The van der Waals surface area contributed by atoms with Crippen molar-refractivity contribution < 1.29 is 37.6 Å². The Morgan fingerprint density at radius 2 is 1.76 bits per heavy atom. The molecular weight excluding hydrogens is 667 g/mol. The summed E-state index contributed by atoms with van der Waals surface area (Å²) in [5.74, 6) is 3.58. The van der Waals surface area contributed by atoms with Crippen LogP contribution in [0, 0.1) is 25.2 Å². The molecule has 0 radical (unpaired) electrons. The Morgan fingerprint density at radius 1 is 1.02 bits per heavy atom. The summed E-state index contributed by atoms with van der Waals surface area (Å²) in [6.45, 7) is 21.1. The van der Waals surface area contributed by atoms with Gasteiger partial charge in [-0.1, -0.05) is 39.5 Å². The van der Waals surface area contributed by atoms with E-state index in [1.165, 1.54) is 0 Å². The lowest BCUT2D eigenvalue weighted by atomic mass is 9.71. The van der Waals surface area contributed by atoms with Gasteiger partial charge in [0.15, 0.2) is 38.1 Å². The third-order valence-electron chi connectivity index (χ3n) is 11.7. The van der Waals surface area contributed by atoms with Crippen molar-refractivity contribution in [1.29, 1.82) is 5.26 Å². The van der Waals surface area contributed by atoms with E-state index >= 15 is 0 Å². The monoisotopic (exact) mass is 721 g/mol. The normalized spacial score (nSPS) is 23.9. The molecule has 0 aliphatic carbocycles. The van der Waals surface area contributed by atoms with Crippen LogP contribution in [0.3, 0.4) is 0 Å².